The van der Waals surface area contributed by atoms with Crippen LogP contribution in [-0.4, -0.2) is 65.3 Å². The maximum atomic E-state index is 14.1. The monoisotopic (exact) mass is 440 g/mol. The Morgan fingerprint density at radius 1 is 1.09 bits per heavy atom. The van der Waals surface area contributed by atoms with Crippen LogP contribution in [0.15, 0.2) is 30.5 Å². The number of aryl methyl sites for hydroxylation is 1. The molecule has 2 aromatic heterocycles. The summed E-state index contributed by atoms with van der Waals surface area (Å²) in [4.78, 5) is 18.5. The standard InChI is InChI=1S/C23H26F2N6O/c1-15-10-20-21(12-26-15)29-23(22(28-20)27-18-4-9-32-14-18)31-7-5-30(6-8-31)13-16-2-3-17(24)11-19(16)25/h2-3,10-12,18H,4-9,13-14H2,1H3,(H,27,28)/t18-/m1/s1. The lowest BCUT2D eigenvalue weighted by molar-refractivity contribution is 0.195. The van der Waals surface area contributed by atoms with Gasteiger partial charge in [-0.1, -0.05) is 6.07 Å². The number of nitrogens with zero attached hydrogens (tertiary/aromatic N) is 5. The Kier molecular flexibility index (Phi) is 5.84. The van der Waals surface area contributed by atoms with Gasteiger partial charge in [0.2, 0.25) is 0 Å². The third kappa shape index (κ3) is 4.49. The molecule has 1 aromatic carbocycles. The summed E-state index contributed by atoms with van der Waals surface area (Å²) >= 11 is 0. The number of benzene rings is 1. The molecule has 0 saturated carbocycles. The largest absolute Gasteiger partial charge is 0.379 e. The summed E-state index contributed by atoms with van der Waals surface area (Å²) in [6.45, 7) is 6.76. The summed E-state index contributed by atoms with van der Waals surface area (Å²) in [6, 6.07) is 5.92. The third-order valence-corrected chi connectivity index (χ3v) is 6.02. The molecule has 0 aliphatic carbocycles. The van der Waals surface area contributed by atoms with Gasteiger partial charge in [-0.05, 0) is 25.5 Å². The van der Waals surface area contributed by atoms with Crippen molar-refractivity contribution < 1.29 is 13.5 Å². The Bertz CT molecular complexity index is 1110. The van der Waals surface area contributed by atoms with E-state index in [2.05, 4.69) is 20.1 Å². The van der Waals surface area contributed by atoms with E-state index in [-0.39, 0.29) is 6.04 Å². The zero-order valence-electron chi connectivity index (χ0n) is 18.0. The van der Waals surface area contributed by atoms with Crippen LogP contribution in [0.2, 0.25) is 0 Å². The lowest BCUT2D eigenvalue weighted by Crippen LogP contribution is -2.46. The number of pyridine rings is 1. The molecule has 9 heteroatoms. The minimum Gasteiger partial charge on any atom is -0.379 e. The molecule has 1 N–H and O–H groups in total. The summed E-state index contributed by atoms with van der Waals surface area (Å²) in [5, 5.41) is 3.52. The molecule has 3 aromatic rings. The Morgan fingerprint density at radius 2 is 1.94 bits per heavy atom. The molecule has 0 radical (unpaired) electrons. The summed E-state index contributed by atoms with van der Waals surface area (Å²) in [7, 11) is 0. The number of nitrogens with one attached hydrogen (secondary N) is 1. The summed E-state index contributed by atoms with van der Waals surface area (Å²) in [5.41, 5.74) is 2.98. The smallest absolute Gasteiger partial charge is 0.172 e. The van der Waals surface area contributed by atoms with Gasteiger partial charge >= 0.3 is 0 Å². The SMILES string of the molecule is Cc1cc2nc(N[C@@H]3CCOC3)c(N3CCN(Cc4ccc(F)cc4F)CC3)nc2cn1. The van der Waals surface area contributed by atoms with E-state index in [0.29, 0.717) is 18.7 Å². The number of hydrogen-bond donors (Lipinski definition) is 1. The number of halogens is 2. The van der Waals surface area contributed by atoms with Crippen molar-refractivity contribution in [2.24, 2.45) is 0 Å². The molecule has 32 heavy (non-hydrogen) atoms. The molecule has 0 unspecified atom stereocenters. The first-order valence-electron chi connectivity index (χ1n) is 10.9. The van der Waals surface area contributed by atoms with Crippen molar-refractivity contribution >= 4 is 22.7 Å². The van der Waals surface area contributed by atoms with Gasteiger partial charge in [-0.2, -0.15) is 0 Å². The van der Waals surface area contributed by atoms with Gasteiger partial charge in [-0.3, -0.25) is 9.88 Å². The second kappa shape index (κ2) is 8.91. The predicted octanol–water partition coefficient (Wildman–Crippen LogP) is 3.13. The molecule has 2 aliphatic rings. The van der Waals surface area contributed by atoms with E-state index in [1.165, 1.54) is 12.1 Å². The second-order valence-electron chi connectivity index (χ2n) is 8.41. The summed E-state index contributed by atoms with van der Waals surface area (Å²) < 4.78 is 32.8. The topological polar surface area (TPSA) is 66.4 Å². The number of piperazine rings is 1. The number of ether oxygens (including phenoxy) is 1. The van der Waals surface area contributed by atoms with Crippen molar-refractivity contribution in [1.29, 1.82) is 0 Å². The van der Waals surface area contributed by atoms with Gasteiger partial charge < -0.3 is 15.0 Å². The van der Waals surface area contributed by atoms with E-state index in [4.69, 9.17) is 14.7 Å². The van der Waals surface area contributed by atoms with Crippen molar-refractivity contribution in [3.8, 4) is 0 Å². The maximum absolute atomic E-state index is 14.1. The highest BCUT2D eigenvalue weighted by Gasteiger charge is 2.25. The molecular formula is C23H26F2N6O. The molecular weight excluding hydrogens is 414 g/mol. The molecule has 0 spiro atoms. The average molecular weight is 440 g/mol. The van der Waals surface area contributed by atoms with Crippen LogP contribution in [0.3, 0.4) is 0 Å². The highest BCUT2D eigenvalue weighted by molar-refractivity contribution is 5.80. The molecule has 168 valence electrons. The highest BCUT2D eigenvalue weighted by atomic mass is 19.1. The van der Waals surface area contributed by atoms with Crippen molar-refractivity contribution in [2.75, 3.05) is 49.6 Å². The molecule has 2 aliphatic heterocycles. The van der Waals surface area contributed by atoms with E-state index in [9.17, 15) is 8.78 Å². The van der Waals surface area contributed by atoms with Crippen LogP contribution in [0.25, 0.3) is 11.0 Å². The van der Waals surface area contributed by atoms with Crippen molar-refractivity contribution in [2.45, 2.75) is 25.9 Å². The number of fused-ring (bicyclic) bond motifs is 1. The lowest BCUT2D eigenvalue weighted by atomic mass is 10.1. The van der Waals surface area contributed by atoms with E-state index in [1.807, 2.05) is 13.0 Å². The minimum absolute atomic E-state index is 0.214. The van der Waals surface area contributed by atoms with Crippen LogP contribution in [0.4, 0.5) is 20.4 Å². The zero-order chi connectivity index (χ0) is 22.1. The van der Waals surface area contributed by atoms with Crippen LogP contribution in [0.1, 0.15) is 17.7 Å². The molecule has 2 saturated heterocycles. The summed E-state index contributed by atoms with van der Waals surface area (Å²) in [6.07, 6.45) is 2.70. The third-order valence-electron chi connectivity index (χ3n) is 6.02. The number of aromatic nitrogens is 3. The maximum Gasteiger partial charge on any atom is 0.172 e. The van der Waals surface area contributed by atoms with Gasteiger partial charge in [0.1, 0.15) is 17.2 Å². The first-order valence-corrected chi connectivity index (χ1v) is 10.9. The van der Waals surface area contributed by atoms with Crippen LogP contribution in [-0.2, 0) is 11.3 Å². The molecule has 5 rings (SSSR count). The first-order chi connectivity index (χ1) is 15.5. The molecule has 0 bridgehead atoms. The van der Waals surface area contributed by atoms with E-state index in [0.717, 1.165) is 73.6 Å². The van der Waals surface area contributed by atoms with Gasteiger partial charge in [-0.15, -0.1) is 0 Å². The normalized spacial score (nSPS) is 19.6. The van der Waals surface area contributed by atoms with E-state index >= 15 is 0 Å². The van der Waals surface area contributed by atoms with Crippen LogP contribution in [0.5, 0.6) is 0 Å². The molecule has 0 amide bonds. The Morgan fingerprint density at radius 3 is 2.69 bits per heavy atom. The second-order valence-corrected chi connectivity index (χ2v) is 8.41. The molecule has 4 heterocycles. The fourth-order valence-electron chi connectivity index (χ4n) is 4.22. The van der Waals surface area contributed by atoms with Gasteiger partial charge in [0.05, 0.1) is 24.4 Å². The highest BCUT2D eigenvalue weighted by Crippen LogP contribution is 2.28. The quantitative estimate of drug-likeness (QED) is 0.654. The fraction of sp³-hybridized carbons (Fsp3) is 0.435. The van der Waals surface area contributed by atoms with Crippen molar-refractivity contribution in [3.05, 3.63) is 53.4 Å². The number of rotatable bonds is 5. The van der Waals surface area contributed by atoms with Gasteiger partial charge in [0.25, 0.3) is 0 Å². The Hall–Kier alpha value is -2.91. The summed E-state index contributed by atoms with van der Waals surface area (Å²) in [5.74, 6) is 0.517. The van der Waals surface area contributed by atoms with E-state index < -0.39 is 11.6 Å². The van der Waals surface area contributed by atoms with Gasteiger partial charge in [-0.25, -0.2) is 18.7 Å². The van der Waals surface area contributed by atoms with Crippen molar-refractivity contribution in [3.63, 3.8) is 0 Å². The lowest BCUT2D eigenvalue weighted by Gasteiger charge is -2.36. The Balaban J connectivity index is 1.35. The molecule has 2 fully saturated rings. The van der Waals surface area contributed by atoms with Crippen LogP contribution >= 0.6 is 0 Å². The van der Waals surface area contributed by atoms with E-state index in [1.54, 1.807) is 6.20 Å². The van der Waals surface area contributed by atoms with Crippen LogP contribution in [0, 0.1) is 18.6 Å². The minimum atomic E-state index is -0.552. The zero-order valence-corrected chi connectivity index (χ0v) is 18.0. The van der Waals surface area contributed by atoms with Crippen LogP contribution < -0.4 is 10.2 Å². The predicted molar refractivity (Wildman–Crippen MR) is 119 cm³/mol. The van der Waals surface area contributed by atoms with Crippen molar-refractivity contribution in [1.82, 2.24) is 19.9 Å². The molecule has 1 atom stereocenters. The molecule has 7 nitrogen and oxygen atoms in total. The van der Waals surface area contributed by atoms with Gasteiger partial charge in [0, 0.05) is 56.7 Å². The Labute approximate surface area is 185 Å². The van der Waals surface area contributed by atoms with Gasteiger partial charge in [0.15, 0.2) is 11.6 Å². The average Bonchev–Trinajstić information content (AvgIpc) is 3.29. The first kappa shape index (κ1) is 21.0. The number of hydrogen-bond acceptors (Lipinski definition) is 7. The fourth-order valence-corrected chi connectivity index (χ4v) is 4.22. The number of anilines is 2.